The summed E-state index contributed by atoms with van der Waals surface area (Å²) in [5.74, 6) is -0.452. The third-order valence-corrected chi connectivity index (χ3v) is 10.0. The molecule has 0 aliphatic rings. The summed E-state index contributed by atoms with van der Waals surface area (Å²) in [5, 5.41) is 2.03. The molecule has 0 saturated carbocycles. The third kappa shape index (κ3) is 8.18. The van der Waals surface area contributed by atoms with Crippen molar-refractivity contribution < 1.29 is 4.79 Å². The fourth-order valence-electron chi connectivity index (χ4n) is 6.90. The molecule has 0 spiro atoms. The van der Waals surface area contributed by atoms with E-state index >= 15 is 0 Å². The van der Waals surface area contributed by atoms with Crippen molar-refractivity contribution in [3.05, 3.63) is 173 Å². The zero-order valence-corrected chi connectivity index (χ0v) is 32.8. The molecule has 54 heavy (non-hydrogen) atoms. The molecule has 0 saturated heterocycles. The smallest absolute Gasteiger partial charge is 0.248 e. The molecule has 0 radical (unpaired) electrons. The topological polar surface area (TPSA) is 56.1 Å². The van der Waals surface area contributed by atoms with Crippen LogP contribution in [-0.2, 0) is 0 Å². The van der Waals surface area contributed by atoms with E-state index in [9.17, 15) is 4.79 Å². The summed E-state index contributed by atoms with van der Waals surface area (Å²) < 4.78 is 0. The molecule has 6 rings (SSSR count). The van der Waals surface area contributed by atoms with Crippen molar-refractivity contribution in [1.82, 2.24) is 0 Å². The number of nitrogens with two attached hydrogens (primary N) is 1. The lowest BCUT2D eigenvalue weighted by Crippen LogP contribution is -2.11. The van der Waals surface area contributed by atoms with E-state index in [2.05, 4.69) is 197 Å². The van der Waals surface area contributed by atoms with Crippen LogP contribution in [0.1, 0.15) is 44.6 Å². The SMILES string of the molecule is CN(C)c1ccc(C(=CCC(=C(c2ccc(N(C)C)cc2)c2ccc(N(C)C)cc2)c2cc(C(N)=O)cc3ccccc23)c2ccc(N(C)C)cc2)cc1. The molecule has 0 fully saturated rings. The summed E-state index contributed by atoms with van der Waals surface area (Å²) in [7, 11) is 16.5. The number of primary amides is 1. The first-order chi connectivity index (χ1) is 25.9. The number of hydrogen-bond donors (Lipinski definition) is 1. The van der Waals surface area contributed by atoms with Crippen LogP contribution in [0.25, 0.3) is 27.5 Å². The van der Waals surface area contributed by atoms with E-state index in [0.29, 0.717) is 12.0 Å². The van der Waals surface area contributed by atoms with Crippen LogP contribution in [0.2, 0.25) is 0 Å². The van der Waals surface area contributed by atoms with Crippen molar-refractivity contribution in [1.29, 1.82) is 0 Å². The molecule has 6 nitrogen and oxygen atoms in total. The normalized spacial score (nSPS) is 10.8. The lowest BCUT2D eigenvalue weighted by Gasteiger charge is -2.21. The maximum Gasteiger partial charge on any atom is 0.248 e. The number of allylic oxidation sites excluding steroid dienone is 2. The van der Waals surface area contributed by atoms with Crippen molar-refractivity contribution in [3.8, 4) is 0 Å². The predicted octanol–water partition coefficient (Wildman–Crippen LogP) is 9.68. The highest BCUT2D eigenvalue weighted by molar-refractivity contribution is 6.09. The number of nitrogens with zero attached hydrogens (tertiary/aromatic N) is 4. The van der Waals surface area contributed by atoms with Gasteiger partial charge in [0.05, 0.1) is 0 Å². The Labute approximate surface area is 321 Å². The van der Waals surface area contributed by atoms with E-state index in [-0.39, 0.29) is 0 Å². The number of carbonyl (C=O) groups excluding carboxylic acids is 1. The number of benzene rings is 6. The zero-order chi connectivity index (χ0) is 38.5. The van der Waals surface area contributed by atoms with Crippen LogP contribution in [0.4, 0.5) is 22.7 Å². The fraction of sp³-hybridized carbons (Fsp3) is 0.188. The van der Waals surface area contributed by atoms with Crippen LogP contribution in [-0.4, -0.2) is 62.3 Å². The Hall–Kier alpha value is -6.27. The Bertz CT molecular complexity index is 2190. The molecule has 2 N–H and O–H groups in total. The van der Waals surface area contributed by atoms with Gasteiger partial charge in [-0.2, -0.15) is 0 Å². The van der Waals surface area contributed by atoms with Gasteiger partial charge in [0.15, 0.2) is 0 Å². The highest BCUT2D eigenvalue weighted by Crippen LogP contribution is 2.40. The number of rotatable bonds is 12. The van der Waals surface area contributed by atoms with Gasteiger partial charge in [-0.15, -0.1) is 0 Å². The first-order valence-electron chi connectivity index (χ1n) is 18.3. The van der Waals surface area contributed by atoms with Crippen LogP contribution >= 0.6 is 0 Å². The molecule has 274 valence electrons. The van der Waals surface area contributed by atoms with Gasteiger partial charge in [-0.1, -0.05) is 78.9 Å². The molecule has 0 heterocycles. The molecular weight excluding hydrogens is 663 g/mol. The predicted molar refractivity (Wildman–Crippen MR) is 233 cm³/mol. The lowest BCUT2D eigenvalue weighted by atomic mass is 9.84. The molecule has 0 unspecified atom stereocenters. The Morgan fingerprint density at radius 2 is 0.889 bits per heavy atom. The summed E-state index contributed by atoms with van der Waals surface area (Å²) in [6, 6.07) is 47.1. The Morgan fingerprint density at radius 3 is 1.28 bits per heavy atom. The van der Waals surface area contributed by atoms with Gasteiger partial charge in [0.25, 0.3) is 0 Å². The third-order valence-electron chi connectivity index (χ3n) is 10.0. The maximum absolute atomic E-state index is 12.9. The molecular formula is C48H51N5O. The van der Waals surface area contributed by atoms with Crippen LogP contribution in [0, 0.1) is 0 Å². The number of fused-ring (bicyclic) bond motifs is 1. The van der Waals surface area contributed by atoms with Gasteiger partial charge in [-0.25, -0.2) is 0 Å². The van der Waals surface area contributed by atoms with E-state index in [4.69, 9.17) is 5.73 Å². The van der Waals surface area contributed by atoms with Crippen LogP contribution in [0.15, 0.2) is 140 Å². The molecule has 0 aromatic heterocycles. The molecule has 0 aliphatic heterocycles. The standard InChI is InChI=1S/C48H51N5O/c1-50(2)39-21-13-33(14-22-39)43(34-15-23-40(24-16-34)51(3)4)29-30-45(46-32-38(48(49)54)31-37-11-9-10-12-44(37)46)47(35-17-25-41(26-18-35)52(5)6)36-19-27-42(28-20-36)53(7)8/h9-29,31-32H,30H2,1-8H3,(H2,49,54). The number of anilines is 4. The fourth-order valence-corrected chi connectivity index (χ4v) is 6.90. The minimum Gasteiger partial charge on any atom is -0.378 e. The first kappa shape index (κ1) is 37.5. The molecule has 1 amide bonds. The largest absolute Gasteiger partial charge is 0.378 e. The van der Waals surface area contributed by atoms with Gasteiger partial charge in [0.2, 0.25) is 5.91 Å². The molecule has 6 aromatic carbocycles. The van der Waals surface area contributed by atoms with Crippen LogP contribution in [0.5, 0.6) is 0 Å². The Kier molecular flexibility index (Phi) is 11.2. The van der Waals surface area contributed by atoms with Crippen molar-refractivity contribution >= 4 is 56.1 Å². The Morgan fingerprint density at radius 1 is 0.500 bits per heavy atom. The van der Waals surface area contributed by atoms with E-state index in [0.717, 1.165) is 78.1 Å². The molecule has 6 heteroatoms. The lowest BCUT2D eigenvalue weighted by molar-refractivity contribution is 0.100. The van der Waals surface area contributed by atoms with Crippen molar-refractivity contribution in [2.24, 2.45) is 5.73 Å². The summed E-state index contributed by atoms with van der Waals surface area (Å²) in [6.07, 6.45) is 2.92. The Balaban J connectivity index is 1.69. The number of amides is 1. The van der Waals surface area contributed by atoms with Gasteiger partial charge < -0.3 is 25.3 Å². The van der Waals surface area contributed by atoms with Crippen LogP contribution < -0.4 is 25.3 Å². The number of hydrogen-bond acceptors (Lipinski definition) is 5. The van der Waals surface area contributed by atoms with Gasteiger partial charge >= 0.3 is 0 Å². The summed E-state index contributed by atoms with van der Waals surface area (Å²) in [5.41, 5.74) is 19.7. The van der Waals surface area contributed by atoms with E-state index in [1.54, 1.807) is 0 Å². The molecule has 0 bridgehead atoms. The van der Waals surface area contributed by atoms with Gasteiger partial charge in [-0.3, -0.25) is 4.79 Å². The van der Waals surface area contributed by atoms with E-state index in [1.165, 1.54) is 0 Å². The second-order valence-electron chi connectivity index (χ2n) is 14.5. The molecule has 6 aromatic rings. The monoisotopic (exact) mass is 713 g/mol. The van der Waals surface area contributed by atoms with Crippen molar-refractivity contribution in [3.63, 3.8) is 0 Å². The van der Waals surface area contributed by atoms with Crippen molar-refractivity contribution in [2.75, 3.05) is 76.0 Å². The minimum atomic E-state index is -0.452. The summed E-state index contributed by atoms with van der Waals surface area (Å²) in [6.45, 7) is 0. The molecule has 0 aliphatic carbocycles. The minimum absolute atomic E-state index is 0.452. The van der Waals surface area contributed by atoms with Gasteiger partial charge in [-0.05, 0) is 122 Å². The van der Waals surface area contributed by atoms with E-state index < -0.39 is 5.91 Å². The first-order valence-corrected chi connectivity index (χ1v) is 18.3. The summed E-state index contributed by atoms with van der Waals surface area (Å²) >= 11 is 0. The highest BCUT2D eigenvalue weighted by Gasteiger charge is 2.19. The zero-order valence-electron chi connectivity index (χ0n) is 32.8. The molecule has 0 atom stereocenters. The quantitative estimate of drug-likeness (QED) is 0.128. The second kappa shape index (κ2) is 16.2. The maximum atomic E-state index is 12.9. The van der Waals surface area contributed by atoms with Crippen molar-refractivity contribution in [2.45, 2.75) is 6.42 Å². The number of carbonyl (C=O) groups is 1. The summed E-state index contributed by atoms with van der Waals surface area (Å²) in [4.78, 5) is 21.4. The highest BCUT2D eigenvalue weighted by atomic mass is 16.1. The average molecular weight is 714 g/mol. The average Bonchev–Trinajstić information content (AvgIpc) is 3.17. The van der Waals surface area contributed by atoms with E-state index in [1.807, 2.05) is 18.2 Å². The van der Waals surface area contributed by atoms with Gasteiger partial charge in [0, 0.05) is 84.7 Å². The van der Waals surface area contributed by atoms with Gasteiger partial charge in [0.1, 0.15) is 0 Å². The van der Waals surface area contributed by atoms with Crippen LogP contribution in [0.3, 0.4) is 0 Å². The second-order valence-corrected chi connectivity index (χ2v) is 14.5.